The maximum atomic E-state index is 12.6. The normalized spacial score (nSPS) is 16.9. The van der Waals surface area contributed by atoms with E-state index in [1.165, 1.54) is 18.2 Å². The molecule has 1 atom stereocenters. The molecule has 0 spiro atoms. The van der Waals surface area contributed by atoms with Gasteiger partial charge in [-0.1, -0.05) is 27.5 Å². The average Bonchev–Trinajstić information content (AvgIpc) is 3.17. The highest BCUT2D eigenvalue weighted by atomic mass is 79.9. The van der Waals surface area contributed by atoms with E-state index >= 15 is 0 Å². The first-order valence-electron chi connectivity index (χ1n) is 8.74. The summed E-state index contributed by atoms with van der Waals surface area (Å²) in [6.07, 6.45) is 1.59. The molecular formula is C19H20BrClN2O4S. The fourth-order valence-electron chi connectivity index (χ4n) is 2.86. The molecule has 0 bridgehead atoms. The van der Waals surface area contributed by atoms with Gasteiger partial charge < -0.3 is 10.1 Å². The Kier molecular flexibility index (Phi) is 6.77. The van der Waals surface area contributed by atoms with Crippen molar-refractivity contribution in [3.05, 3.63) is 57.0 Å². The molecule has 2 aromatic carbocycles. The molecule has 6 nitrogen and oxygen atoms in total. The van der Waals surface area contributed by atoms with Crippen LogP contribution in [0.4, 0.5) is 5.69 Å². The molecule has 1 amide bonds. The van der Waals surface area contributed by atoms with Gasteiger partial charge in [-0.05, 0) is 61.7 Å². The van der Waals surface area contributed by atoms with E-state index in [9.17, 15) is 13.2 Å². The molecule has 3 rings (SSSR count). The number of carbonyl (C=O) groups excluding carboxylic acids is 1. The van der Waals surface area contributed by atoms with Crippen molar-refractivity contribution in [2.45, 2.75) is 30.8 Å². The fourth-order valence-corrected chi connectivity index (χ4v) is 4.70. The number of sulfonamides is 1. The lowest BCUT2D eigenvalue weighted by Crippen LogP contribution is -2.32. The number of ether oxygens (including phenoxy) is 1. The monoisotopic (exact) mass is 486 g/mol. The Balaban J connectivity index is 1.77. The highest BCUT2D eigenvalue weighted by Crippen LogP contribution is 2.25. The van der Waals surface area contributed by atoms with Crippen LogP contribution >= 0.6 is 27.5 Å². The zero-order valence-corrected chi connectivity index (χ0v) is 18.3. The molecular weight excluding hydrogens is 468 g/mol. The summed E-state index contributed by atoms with van der Waals surface area (Å²) in [5.41, 5.74) is 1.78. The van der Waals surface area contributed by atoms with Crippen LogP contribution in [0.15, 0.2) is 45.8 Å². The second-order valence-electron chi connectivity index (χ2n) is 6.55. The number of carbonyl (C=O) groups is 1. The minimum absolute atomic E-state index is 0.0517. The largest absolute Gasteiger partial charge is 0.377 e. The molecule has 2 N–H and O–H groups in total. The number of benzene rings is 2. The van der Waals surface area contributed by atoms with E-state index in [0.717, 1.165) is 22.9 Å². The molecule has 0 aromatic heterocycles. The van der Waals surface area contributed by atoms with Crippen LogP contribution < -0.4 is 10.0 Å². The Morgan fingerprint density at radius 1 is 1.29 bits per heavy atom. The minimum atomic E-state index is -3.87. The number of rotatable bonds is 6. The van der Waals surface area contributed by atoms with Crippen LogP contribution in [0.5, 0.6) is 0 Å². The molecule has 0 aliphatic carbocycles. The van der Waals surface area contributed by atoms with Crippen LogP contribution in [0.2, 0.25) is 5.02 Å². The van der Waals surface area contributed by atoms with Gasteiger partial charge in [-0.3, -0.25) is 4.79 Å². The van der Waals surface area contributed by atoms with Crippen molar-refractivity contribution >= 4 is 49.1 Å². The van der Waals surface area contributed by atoms with Crippen molar-refractivity contribution < 1.29 is 17.9 Å². The molecule has 0 radical (unpaired) electrons. The highest BCUT2D eigenvalue weighted by molar-refractivity contribution is 9.10. The Hall–Kier alpha value is -1.45. The highest BCUT2D eigenvalue weighted by Gasteiger charge is 2.23. The number of nitrogens with one attached hydrogen (secondary N) is 2. The molecule has 1 unspecified atom stereocenters. The van der Waals surface area contributed by atoms with Crippen molar-refractivity contribution in [2.24, 2.45) is 0 Å². The molecule has 1 aliphatic heterocycles. The summed E-state index contributed by atoms with van der Waals surface area (Å²) in [7, 11) is -3.87. The Morgan fingerprint density at radius 3 is 2.75 bits per heavy atom. The second-order valence-corrected chi connectivity index (χ2v) is 9.55. The SMILES string of the molecule is Cc1cc(NC(=O)c2ccc(Cl)c(S(=O)(=O)NCC3CCCO3)c2)ccc1Br. The molecule has 1 heterocycles. The number of hydrogen-bond acceptors (Lipinski definition) is 4. The molecule has 1 aliphatic rings. The Bertz CT molecular complexity index is 991. The first-order valence-corrected chi connectivity index (χ1v) is 11.4. The third-order valence-electron chi connectivity index (χ3n) is 4.42. The molecule has 1 fully saturated rings. The third-order valence-corrected chi connectivity index (χ3v) is 7.22. The lowest BCUT2D eigenvalue weighted by atomic mass is 10.2. The number of anilines is 1. The lowest BCUT2D eigenvalue weighted by molar-refractivity contribution is 0.102. The predicted molar refractivity (Wildman–Crippen MR) is 112 cm³/mol. The fraction of sp³-hybridized carbons (Fsp3) is 0.316. The quantitative estimate of drug-likeness (QED) is 0.642. The zero-order valence-electron chi connectivity index (χ0n) is 15.2. The van der Waals surface area contributed by atoms with Gasteiger partial charge in [-0.2, -0.15) is 0 Å². The Labute approximate surface area is 177 Å². The number of amides is 1. The van der Waals surface area contributed by atoms with E-state index in [0.29, 0.717) is 12.3 Å². The summed E-state index contributed by atoms with van der Waals surface area (Å²) in [5.74, 6) is -0.422. The number of halogens is 2. The van der Waals surface area contributed by atoms with Gasteiger partial charge in [0.05, 0.1) is 11.1 Å². The van der Waals surface area contributed by atoms with E-state index in [1.54, 1.807) is 6.07 Å². The van der Waals surface area contributed by atoms with E-state index in [-0.39, 0.29) is 28.1 Å². The van der Waals surface area contributed by atoms with E-state index in [1.807, 2.05) is 19.1 Å². The van der Waals surface area contributed by atoms with Crippen LogP contribution in [0, 0.1) is 6.92 Å². The van der Waals surface area contributed by atoms with Crippen molar-refractivity contribution in [1.82, 2.24) is 4.72 Å². The van der Waals surface area contributed by atoms with Gasteiger partial charge >= 0.3 is 0 Å². The lowest BCUT2D eigenvalue weighted by Gasteiger charge is -2.13. The molecule has 1 saturated heterocycles. The minimum Gasteiger partial charge on any atom is -0.377 e. The number of hydrogen-bond donors (Lipinski definition) is 2. The summed E-state index contributed by atoms with van der Waals surface area (Å²) in [6, 6.07) is 9.58. The van der Waals surface area contributed by atoms with Crippen molar-refractivity contribution in [2.75, 3.05) is 18.5 Å². The average molecular weight is 488 g/mol. The summed E-state index contributed by atoms with van der Waals surface area (Å²) < 4.78 is 34.2. The molecule has 9 heteroatoms. The van der Waals surface area contributed by atoms with Crippen molar-refractivity contribution in [3.63, 3.8) is 0 Å². The summed E-state index contributed by atoms with van der Waals surface area (Å²) >= 11 is 9.50. The van der Waals surface area contributed by atoms with Gasteiger partial charge in [0, 0.05) is 28.9 Å². The van der Waals surface area contributed by atoms with Gasteiger partial charge in [0.1, 0.15) is 4.90 Å². The summed E-state index contributed by atoms with van der Waals surface area (Å²) in [5, 5.41) is 2.81. The maximum Gasteiger partial charge on any atom is 0.255 e. The molecule has 28 heavy (non-hydrogen) atoms. The van der Waals surface area contributed by atoms with Crippen LogP contribution in [0.25, 0.3) is 0 Å². The summed E-state index contributed by atoms with van der Waals surface area (Å²) in [4.78, 5) is 12.4. The van der Waals surface area contributed by atoms with Crippen LogP contribution in [-0.2, 0) is 14.8 Å². The van der Waals surface area contributed by atoms with E-state index in [4.69, 9.17) is 16.3 Å². The van der Waals surface area contributed by atoms with Gasteiger partial charge in [-0.25, -0.2) is 13.1 Å². The van der Waals surface area contributed by atoms with Crippen LogP contribution in [-0.4, -0.2) is 33.6 Å². The number of aryl methyl sites for hydroxylation is 1. The zero-order chi connectivity index (χ0) is 20.3. The molecule has 2 aromatic rings. The Morgan fingerprint density at radius 2 is 2.07 bits per heavy atom. The van der Waals surface area contributed by atoms with E-state index in [2.05, 4.69) is 26.0 Å². The van der Waals surface area contributed by atoms with Crippen molar-refractivity contribution in [1.29, 1.82) is 0 Å². The molecule has 150 valence electrons. The predicted octanol–water partition coefficient (Wildman–Crippen LogP) is 4.12. The van der Waals surface area contributed by atoms with Gasteiger partial charge in [0.25, 0.3) is 5.91 Å². The van der Waals surface area contributed by atoms with Gasteiger partial charge in [0.2, 0.25) is 10.0 Å². The summed E-state index contributed by atoms with van der Waals surface area (Å²) in [6.45, 7) is 2.72. The second kappa shape index (κ2) is 8.92. The molecule has 0 saturated carbocycles. The van der Waals surface area contributed by atoms with Crippen LogP contribution in [0.1, 0.15) is 28.8 Å². The van der Waals surface area contributed by atoms with Gasteiger partial charge in [0.15, 0.2) is 0 Å². The van der Waals surface area contributed by atoms with E-state index < -0.39 is 15.9 Å². The van der Waals surface area contributed by atoms with Gasteiger partial charge in [-0.15, -0.1) is 0 Å². The first kappa shape index (κ1) is 21.3. The first-order chi connectivity index (χ1) is 13.3. The maximum absolute atomic E-state index is 12.6. The smallest absolute Gasteiger partial charge is 0.255 e. The van der Waals surface area contributed by atoms with Crippen molar-refractivity contribution in [3.8, 4) is 0 Å². The third kappa shape index (κ3) is 5.12. The standard InChI is InChI=1S/C19H20BrClN2O4S/c1-12-9-14(5-6-16(12)20)23-19(24)13-4-7-17(21)18(10-13)28(25,26)22-11-15-3-2-8-27-15/h4-7,9-10,15,22H,2-3,8,11H2,1H3,(H,23,24). The topological polar surface area (TPSA) is 84.5 Å². The van der Waals surface area contributed by atoms with Crippen LogP contribution in [0.3, 0.4) is 0 Å².